The Morgan fingerprint density at radius 3 is 2.79 bits per heavy atom. The van der Waals surface area contributed by atoms with Crippen LogP contribution < -0.4 is 5.73 Å². The van der Waals surface area contributed by atoms with Crippen LogP contribution in [-0.4, -0.2) is 69.7 Å². The second-order valence-electron chi connectivity index (χ2n) is 10.5. The summed E-state index contributed by atoms with van der Waals surface area (Å²) in [5, 5.41) is 9.43. The molecule has 8 nitrogen and oxygen atoms in total. The highest BCUT2D eigenvalue weighted by Crippen LogP contribution is 2.48. The number of nitrogens with two attached hydrogens (primary N) is 1. The van der Waals surface area contributed by atoms with Gasteiger partial charge in [-0.2, -0.15) is 5.26 Å². The predicted molar refractivity (Wildman–Crippen MR) is 119 cm³/mol. The Bertz CT molecular complexity index is 1100. The van der Waals surface area contributed by atoms with Gasteiger partial charge in [0.1, 0.15) is 6.04 Å². The zero-order chi connectivity index (χ0) is 23.0. The number of nitrogens with zero attached hydrogens (tertiary/aromatic N) is 4. The number of amides is 3. The van der Waals surface area contributed by atoms with Crippen LogP contribution in [0.1, 0.15) is 60.1 Å². The molecule has 6 rings (SSSR count). The lowest BCUT2D eigenvalue weighted by molar-refractivity contribution is -0.142. The number of likely N-dealkylation sites (tertiary alicyclic amines) is 3. The van der Waals surface area contributed by atoms with Crippen molar-refractivity contribution in [3.63, 3.8) is 0 Å². The minimum absolute atomic E-state index is 0.0541. The molecule has 1 aromatic carbocycles. The molecule has 3 aliphatic heterocycles. The molecule has 7 atom stereocenters. The van der Waals surface area contributed by atoms with Crippen LogP contribution >= 0.6 is 0 Å². The Balaban J connectivity index is 1.13. The summed E-state index contributed by atoms with van der Waals surface area (Å²) in [6.07, 6.45) is 4.36. The number of aryl methyl sites for hydroxylation is 1. The zero-order valence-corrected chi connectivity index (χ0v) is 18.8. The van der Waals surface area contributed by atoms with Gasteiger partial charge in [0.25, 0.3) is 0 Å². The molecular weight excluding hydrogens is 418 g/mol. The number of hydrogen-bond donors (Lipinski definition) is 1. The van der Waals surface area contributed by atoms with E-state index in [1.54, 1.807) is 6.07 Å². The maximum Gasteiger partial charge on any atom is 0.248 e. The van der Waals surface area contributed by atoms with Crippen molar-refractivity contribution in [2.45, 2.75) is 69.2 Å². The normalized spacial score (nSPS) is 34.8. The van der Waals surface area contributed by atoms with Gasteiger partial charge in [-0.1, -0.05) is 13.0 Å². The molecule has 3 heterocycles. The molecule has 33 heavy (non-hydrogen) atoms. The van der Waals surface area contributed by atoms with E-state index in [0.717, 1.165) is 49.8 Å². The largest absolute Gasteiger partial charge is 0.366 e. The van der Waals surface area contributed by atoms with Crippen LogP contribution in [-0.2, 0) is 16.0 Å². The van der Waals surface area contributed by atoms with Crippen molar-refractivity contribution in [3.05, 3.63) is 34.9 Å². The van der Waals surface area contributed by atoms with Crippen LogP contribution in [0.5, 0.6) is 0 Å². The number of piperazine rings is 1. The average Bonchev–Trinajstić information content (AvgIpc) is 3.15. The van der Waals surface area contributed by atoms with Gasteiger partial charge in [0.05, 0.1) is 18.2 Å². The first-order chi connectivity index (χ1) is 15.9. The Labute approximate surface area is 193 Å². The van der Waals surface area contributed by atoms with Crippen molar-refractivity contribution >= 4 is 17.7 Å². The summed E-state index contributed by atoms with van der Waals surface area (Å²) in [6.45, 7) is 3.28. The molecule has 8 heteroatoms. The summed E-state index contributed by atoms with van der Waals surface area (Å²) in [5.74, 6) is 0.0797. The van der Waals surface area contributed by atoms with Crippen LogP contribution in [0.25, 0.3) is 0 Å². The van der Waals surface area contributed by atoms with Gasteiger partial charge >= 0.3 is 0 Å². The molecular formula is C25H29N5O3. The molecule has 2 N–H and O–H groups in total. The number of carbonyl (C=O) groups is 3. The smallest absolute Gasteiger partial charge is 0.248 e. The molecule has 4 fully saturated rings. The van der Waals surface area contributed by atoms with Crippen LogP contribution in [0.2, 0.25) is 0 Å². The molecule has 0 aromatic heterocycles. The standard InChI is InChI=1S/C25H29N5O3/c1-13(24(32)29-17(10-26)7-16-8-21(16)29)11-28-12-18-9-22(28)25(33)30(18)20-5-3-14-6-15(23(27)31)2-4-19(14)20/h2,4,6,13,16-18,20-22H,3,5,7-9,11-12H2,1H3,(H2,27,31)/t13-,16+,17-,18-,20-,21?,22-/m0/s1. The fraction of sp³-hybridized carbons (Fsp3) is 0.600. The van der Waals surface area contributed by atoms with E-state index in [4.69, 9.17) is 5.73 Å². The van der Waals surface area contributed by atoms with Gasteiger partial charge in [0, 0.05) is 36.7 Å². The first-order valence-corrected chi connectivity index (χ1v) is 12.1. The summed E-state index contributed by atoms with van der Waals surface area (Å²) in [5.41, 5.74) is 8.18. The van der Waals surface area contributed by atoms with E-state index >= 15 is 0 Å². The summed E-state index contributed by atoms with van der Waals surface area (Å²) in [7, 11) is 0. The summed E-state index contributed by atoms with van der Waals surface area (Å²) < 4.78 is 0. The van der Waals surface area contributed by atoms with Gasteiger partial charge in [-0.05, 0) is 61.3 Å². The molecule has 2 bridgehead atoms. The van der Waals surface area contributed by atoms with Crippen molar-refractivity contribution in [1.82, 2.24) is 14.7 Å². The van der Waals surface area contributed by atoms with Crippen LogP contribution in [0.4, 0.5) is 0 Å². The first kappa shape index (κ1) is 20.7. The Hall–Kier alpha value is -2.92. The second kappa shape index (κ2) is 7.29. The van der Waals surface area contributed by atoms with Crippen molar-refractivity contribution in [2.75, 3.05) is 13.1 Å². The van der Waals surface area contributed by atoms with E-state index in [-0.39, 0.29) is 47.9 Å². The van der Waals surface area contributed by atoms with Crippen LogP contribution in [0, 0.1) is 23.2 Å². The van der Waals surface area contributed by atoms with Crippen LogP contribution in [0.3, 0.4) is 0 Å². The van der Waals surface area contributed by atoms with Crippen molar-refractivity contribution in [1.29, 1.82) is 5.26 Å². The number of rotatable bonds is 5. The minimum Gasteiger partial charge on any atom is -0.366 e. The first-order valence-electron chi connectivity index (χ1n) is 12.1. The number of hydrogen-bond acceptors (Lipinski definition) is 5. The van der Waals surface area contributed by atoms with Crippen molar-refractivity contribution in [3.8, 4) is 6.07 Å². The maximum atomic E-state index is 13.4. The number of piperidine rings is 1. The highest BCUT2D eigenvalue weighted by molar-refractivity contribution is 5.93. The zero-order valence-electron chi connectivity index (χ0n) is 18.8. The van der Waals surface area contributed by atoms with Gasteiger partial charge in [-0.3, -0.25) is 19.3 Å². The molecule has 2 aliphatic carbocycles. The molecule has 1 aromatic rings. The summed E-state index contributed by atoms with van der Waals surface area (Å²) >= 11 is 0. The highest BCUT2D eigenvalue weighted by atomic mass is 16.2. The molecule has 5 aliphatic rings. The number of carbonyl (C=O) groups excluding carboxylic acids is 3. The van der Waals surface area contributed by atoms with E-state index in [1.807, 2.05) is 24.0 Å². The SMILES string of the molecule is C[C@@H](CN1C[C@@H]2C[C@H]1C(=O)N2[C@H]1CCc2cc(C(N)=O)ccc21)C(=O)N1C2C[C@H]2C[C@H]1C#N. The van der Waals surface area contributed by atoms with E-state index in [2.05, 4.69) is 15.9 Å². The third kappa shape index (κ3) is 3.09. The minimum atomic E-state index is -0.427. The Morgan fingerprint density at radius 1 is 1.24 bits per heavy atom. The van der Waals surface area contributed by atoms with E-state index in [1.165, 1.54) is 0 Å². The number of benzene rings is 1. The summed E-state index contributed by atoms with van der Waals surface area (Å²) in [6, 6.07) is 7.90. The van der Waals surface area contributed by atoms with E-state index < -0.39 is 5.91 Å². The van der Waals surface area contributed by atoms with Crippen LogP contribution in [0.15, 0.2) is 18.2 Å². The highest BCUT2D eigenvalue weighted by Gasteiger charge is 2.56. The number of fused-ring (bicyclic) bond motifs is 4. The maximum absolute atomic E-state index is 13.4. The fourth-order valence-corrected chi connectivity index (χ4v) is 6.91. The predicted octanol–water partition coefficient (Wildman–Crippen LogP) is 1.21. The third-order valence-corrected chi connectivity index (χ3v) is 8.56. The van der Waals surface area contributed by atoms with Gasteiger partial charge in [0.15, 0.2) is 0 Å². The lowest BCUT2D eigenvalue weighted by Gasteiger charge is -2.39. The van der Waals surface area contributed by atoms with Gasteiger partial charge < -0.3 is 15.5 Å². The lowest BCUT2D eigenvalue weighted by atomic mass is 10.0. The van der Waals surface area contributed by atoms with Gasteiger partial charge in [-0.15, -0.1) is 0 Å². The molecule has 3 amide bonds. The summed E-state index contributed by atoms with van der Waals surface area (Å²) in [4.78, 5) is 44.1. The second-order valence-corrected chi connectivity index (χ2v) is 10.5. The van der Waals surface area contributed by atoms with Crippen molar-refractivity contribution in [2.24, 2.45) is 17.6 Å². The van der Waals surface area contributed by atoms with Gasteiger partial charge in [-0.25, -0.2) is 0 Å². The average molecular weight is 448 g/mol. The molecule has 1 saturated carbocycles. The molecule has 3 saturated heterocycles. The fourth-order valence-electron chi connectivity index (χ4n) is 6.91. The molecule has 172 valence electrons. The molecule has 0 spiro atoms. The quantitative estimate of drug-likeness (QED) is 0.729. The van der Waals surface area contributed by atoms with E-state index in [0.29, 0.717) is 18.0 Å². The lowest BCUT2D eigenvalue weighted by Crippen LogP contribution is -2.53. The molecule has 0 radical (unpaired) electrons. The Kier molecular flexibility index (Phi) is 4.57. The number of nitriles is 1. The van der Waals surface area contributed by atoms with Crippen molar-refractivity contribution < 1.29 is 14.4 Å². The topological polar surface area (TPSA) is 111 Å². The number of primary amides is 1. The Morgan fingerprint density at radius 2 is 2.06 bits per heavy atom. The van der Waals surface area contributed by atoms with E-state index in [9.17, 15) is 19.6 Å². The molecule has 1 unspecified atom stereocenters. The third-order valence-electron chi connectivity index (χ3n) is 8.56. The van der Waals surface area contributed by atoms with Gasteiger partial charge in [0.2, 0.25) is 17.7 Å². The monoisotopic (exact) mass is 447 g/mol.